The molecule has 2 heterocycles. The molecule has 0 amide bonds. The van der Waals surface area contributed by atoms with Gasteiger partial charge in [-0.25, -0.2) is 9.97 Å². The molecule has 0 unspecified atom stereocenters. The summed E-state index contributed by atoms with van der Waals surface area (Å²) in [6.07, 6.45) is 4.77. The number of hydrogen-bond acceptors (Lipinski definition) is 3. The summed E-state index contributed by atoms with van der Waals surface area (Å²) in [5.74, 6) is 0. The fourth-order valence-corrected chi connectivity index (χ4v) is 0.714. The van der Waals surface area contributed by atoms with Gasteiger partial charge in [-0.1, -0.05) is 0 Å². The molecule has 0 atom stereocenters. The normalized spacial score (nSPS) is 9.20. The monoisotopic (exact) mass is 200 g/mol. The summed E-state index contributed by atoms with van der Waals surface area (Å²) >= 11 is 0. The zero-order valence-electron chi connectivity index (χ0n) is 5.02. The number of halogens is 1. The van der Waals surface area contributed by atoms with Crippen LogP contribution in [-0.2, 0) is 0 Å². The molecule has 10 heavy (non-hydrogen) atoms. The van der Waals surface area contributed by atoms with Crippen molar-refractivity contribution in [2.75, 3.05) is 0 Å². The minimum Gasteiger partial charge on any atom is -0.446 e. The van der Waals surface area contributed by atoms with E-state index in [0.29, 0.717) is 5.71 Å². The van der Waals surface area contributed by atoms with Crippen LogP contribution in [0.1, 0.15) is 0 Å². The molecule has 0 aromatic carbocycles. The van der Waals surface area contributed by atoms with E-state index in [1.54, 1.807) is 12.5 Å². The smallest absolute Gasteiger partial charge is 0.228 e. The van der Waals surface area contributed by atoms with Gasteiger partial charge in [0.1, 0.15) is 6.33 Å². The van der Waals surface area contributed by atoms with Crippen LogP contribution in [0.15, 0.2) is 29.3 Å². The molecule has 0 aliphatic rings. The standard InChI is InChI=1S/C6H4N2O.BrH/c1-2-9-6-5(1)3-7-4-8-6;/h1-4H;1H. The van der Waals surface area contributed by atoms with Crippen molar-refractivity contribution in [1.82, 2.24) is 9.97 Å². The lowest BCUT2D eigenvalue weighted by Crippen LogP contribution is -1.72. The molecule has 2 rings (SSSR count). The molecule has 3 nitrogen and oxygen atoms in total. The first-order valence-corrected chi connectivity index (χ1v) is 2.60. The van der Waals surface area contributed by atoms with Crippen LogP contribution in [0, 0.1) is 0 Å². The molecule has 0 bridgehead atoms. The van der Waals surface area contributed by atoms with Gasteiger partial charge in [0.25, 0.3) is 0 Å². The van der Waals surface area contributed by atoms with Crippen LogP contribution in [0.25, 0.3) is 11.1 Å². The van der Waals surface area contributed by atoms with Crippen LogP contribution >= 0.6 is 17.0 Å². The average Bonchev–Trinajstić information content (AvgIpc) is 2.33. The highest BCUT2D eigenvalue weighted by Gasteiger charge is 1.92. The molecule has 0 radical (unpaired) electrons. The molecule has 0 aliphatic carbocycles. The van der Waals surface area contributed by atoms with Crippen LogP contribution in [0.2, 0.25) is 0 Å². The summed E-state index contributed by atoms with van der Waals surface area (Å²) in [4.78, 5) is 7.68. The minimum atomic E-state index is 0. The molecule has 0 saturated heterocycles. The molecule has 0 aliphatic heterocycles. The number of furan rings is 1. The van der Waals surface area contributed by atoms with Gasteiger partial charge < -0.3 is 4.42 Å². The van der Waals surface area contributed by atoms with Gasteiger partial charge in [0, 0.05) is 6.20 Å². The molecule has 52 valence electrons. The number of rotatable bonds is 0. The molecular formula is C6H5BrN2O. The van der Waals surface area contributed by atoms with Crippen molar-refractivity contribution in [2.24, 2.45) is 0 Å². The second-order valence-electron chi connectivity index (χ2n) is 1.70. The van der Waals surface area contributed by atoms with E-state index in [0.717, 1.165) is 5.39 Å². The van der Waals surface area contributed by atoms with Crippen LogP contribution in [0.3, 0.4) is 0 Å². The van der Waals surface area contributed by atoms with E-state index in [9.17, 15) is 0 Å². The van der Waals surface area contributed by atoms with E-state index >= 15 is 0 Å². The molecule has 0 fully saturated rings. The van der Waals surface area contributed by atoms with Crippen molar-refractivity contribution < 1.29 is 4.42 Å². The second-order valence-corrected chi connectivity index (χ2v) is 1.70. The quantitative estimate of drug-likeness (QED) is 0.652. The Balaban J connectivity index is 0.000000500. The Bertz CT molecular complexity index is 290. The van der Waals surface area contributed by atoms with Gasteiger partial charge in [0.2, 0.25) is 5.71 Å². The number of hydrogen-bond donors (Lipinski definition) is 0. The van der Waals surface area contributed by atoms with E-state index in [1.165, 1.54) is 6.33 Å². The second kappa shape index (κ2) is 2.79. The van der Waals surface area contributed by atoms with Gasteiger partial charge in [0.15, 0.2) is 0 Å². The van der Waals surface area contributed by atoms with Gasteiger partial charge in [-0.3, -0.25) is 0 Å². The SMILES string of the molecule is Br.c1ncc2ccoc2n1. The van der Waals surface area contributed by atoms with E-state index in [-0.39, 0.29) is 17.0 Å². The Morgan fingerprint density at radius 1 is 1.40 bits per heavy atom. The molecule has 4 heteroatoms. The van der Waals surface area contributed by atoms with Gasteiger partial charge >= 0.3 is 0 Å². The van der Waals surface area contributed by atoms with Gasteiger partial charge in [-0.05, 0) is 6.07 Å². The molecule has 2 aromatic heterocycles. The zero-order chi connectivity index (χ0) is 6.10. The van der Waals surface area contributed by atoms with Crippen molar-refractivity contribution in [2.45, 2.75) is 0 Å². The third kappa shape index (κ3) is 1.02. The Morgan fingerprint density at radius 3 is 3.10 bits per heavy atom. The lowest BCUT2D eigenvalue weighted by molar-refractivity contribution is 0.602. The molecule has 0 spiro atoms. The summed E-state index contributed by atoms with van der Waals surface area (Å²) in [5, 5.41) is 0.942. The Hall–Kier alpha value is -0.900. The minimum absolute atomic E-state index is 0. The van der Waals surface area contributed by atoms with Crippen LogP contribution in [-0.4, -0.2) is 9.97 Å². The van der Waals surface area contributed by atoms with Crippen molar-refractivity contribution in [1.29, 1.82) is 0 Å². The lowest BCUT2D eigenvalue weighted by Gasteiger charge is -1.80. The van der Waals surface area contributed by atoms with Crippen LogP contribution < -0.4 is 0 Å². The van der Waals surface area contributed by atoms with Crippen molar-refractivity contribution in [3.05, 3.63) is 24.9 Å². The number of fused-ring (bicyclic) bond motifs is 1. The third-order valence-corrected chi connectivity index (χ3v) is 1.13. The van der Waals surface area contributed by atoms with Crippen LogP contribution in [0.5, 0.6) is 0 Å². The molecular weight excluding hydrogens is 196 g/mol. The molecule has 0 N–H and O–H groups in total. The highest BCUT2D eigenvalue weighted by molar-refractivity contribution is 8.93. The topological polar surface area (TPSA) is 38.9 Å². The summed E-state index contributed by atoms with van der Waals surface area (Å²) in [6.45, 7) is 0. The Labute approximate surface area is 67.9 Å². The Kier molecular flexibility index (Phi) is 2.01. The summed E-state index contributed by atoms with van der Waals surface area (Å²) < 4.78 is 4.97. The maximum Gasteiger partial charge on any atom is 0.228 e. The molecule has 2 aromatic rings. The van der Waals surface area contributed by atoms with Crippen LogP contribution in [0.4, 0.5) is 0 Å². The highest BCUT2D eigenvalue weighted by Crippen LogP contribution is 2.08. The fraction of sp³-hybridized carbons (Fsp3) is 0. The molecule has 0 saturated carbocycles. The maximum atomic E-state index is 4.97. The fourth-order valence-electron chi connectivity index (χ4n) is 0.714. The predicted octanol–water partition coefficient (Wildman–Crippen LogP) is 1.80. The Morgan fingerprint density at radius 2 is 2.30 bits per heavy atom. The van der Waals surface area contributed by atoms with E-state index in [4.69, 9.17) is 4.42 Å². The number of nitrogens with zero attached hydrogens (tertiary/aromatic N) is 2. The summed E-state index contributed by atoms with van der Waals surface area (Å²) in [5.41, 5.74) is 0.644. The highest BCUT2D eigenvalue weighted by atomic mass is 79.9. The van der Waals surface area contributed by atoms with Gasteiger partial charge in [-0.15, -0.1) is 17.0 Å². The predicted molar refractivity (Wildman–Crippen MR) is 42.1 cm³/mol. The maximum absolute atomic E-state index is 4.97. The van der Waals surface area contributed by atoms with E-state index < -0.39 is 0 Å². The summed E-state index contributed by atoms with van der Waals surface area (Å²) in [6, 6.07) is 1.83. The van der Waals surface area contributed by atoms with Gasteiger partial charge in [-0.2, -0.15) is 0 Å². The lowest BCUT2D eigenvalue weighted by atomic mass is 10.4. The van der Waals surface area contributed by atoms with E-state index in [1.807, 2.05) is 6.07 Å². The summed E-state index contributed by atoms with van der Waals surface area (Å²) in [7, 11) is 0. The number of aromatic nitrogens is 2. The van der Waals surface area contributed by atoms with Crippen molar-refractivity contribution in [3.8, 4) is 0 Å². The van der Waals surface area contributed by atoms with Crippen molar-refractivity contribution >= 4 is 28.1 Å². The average molecular weight is 201 g/mol. The first kappa shape index (κ1) is 7.21. The van der Waals surface area contributed by atoms with Crippen molar-refractivity contribution in [3.63, 3.8) is 0 Å². The zero-order valence-corrected chi connectivity index (χ0v) is 6.73. The van der Waals surface area contributed by atoms with Gasteiger partial charge in [0.05, 0.1) is 11.6 Å². The first-order chi connectivity index (χ1) is 4.47. The third-order valence-electron chi connectivity index (χ3n) is 1.13. The largest absolute Gasteiger partial charge is 0.446 e. The van der Waals surface area contributed by atoms with E-state index in [2.05, 4.69) is 9.97 Å². The first-order valence-electron chi connectivity index (χ1n) is 2.60.